The van der Waals surface area contributed by atoms with Crippen LogP contribution in [0.15, 0.2) is 35.7 Å². The van der Waals surface area contributed by atoms with E-state index in [0.29, 0.717) is 6.61 Å². The molecule has 116 valence electrons. The molecule has 0 radical (unpaired) electrons. The number of carbonyl (C=O) groups excluding carboxylic acids is 1. The van der Waals surface area contributed by atoms with Gasteiger partial charge in [-0.2, -0.15) is 0 Å². The van der Waals surface area contributed by atoms with Gasteiger partial charge in [0.25, 0.3) is 5.91 Å². The van der Waals surface area contributed by atoms with Crippen molar-refractivity contribution in [2.45, 2.75) is 32.7 Å². The van der Waals surface area contributed by atoms with Crippen LogP contribution in [-0.4, -0.2) is 24.0 Å². The number of hydrogen-bond donors (Lipinski definition) is 0. The van der Waals surface area contributed by atoms with Crippen LogP contribution >= 0.6 is 11.3 Å². The molecule has 0 saturated carbocycles. The zero-order valence-corrected chi connectivity index (χ0v) is 13.9. The zero-order chi connectivity index (χ0) is 15.5. The minimum absolute atomic E-state index is 0.170. The van der Waals surface area contributed by atoms with E-state index < -0.39 is 0 Å². The average Bonchev–Trinajstić information content (AvgIpc) is 3.16. The molecule has 3 rings (SSSR count). The van der Waals surface area contributed by atoms with Crippen molar-refractivity contribution in [1.29, 1.82) is 0 Å². The predicted octanol–water partition coefficient (Wildman–Crippen LogP) is 4.43. The fraction of sp³-hybridized carbons (Fsp3) is 0.389. The molecule has 0 N–H and O–H groups in total. The summed E-state index contributed by atoms with van der Waals surface area (Å²) in [6.45, 7) is 5.50. The lowest BCUT2D eigenvalue weighted by Gasteiger charge is -2.25. The Labute approximate surface area is 135 Å². The van der Waals surface area contributed by atoms with E-state index >= 15 is 0 Å². The van der Waals surface area contributed by atoms with Gasteiger partial charge in [-0.3, -0.25) is 4.79 Å². The minimum atomic E-state index is 0.170. The van der Waals surface area contributed by atoms with Crippen molar-refractivity contribution in [3.8, 4) is 5.75 Å². The Morgan fingerprint density at radius 3 is 2.73 bits per heavy atom. The Bertz CT molecular complexity index is 647. The molecule has 4 heteroatoms. The van der Waals surface area contributed by atoms with E-state index in [2.05, 4.69) is 12.1 Å². The molecule has 1 aromatic heterocycles. The van der Waals surface area contributed by atoms with Crippen LogP contribution in [0.3, 0.4) is 0 Å². The third-order valence-corrected chi connectivity index (χ3v) is 5.15. The number of rotatable bonds is 4. The molecule has 1 aliphatic heterocycles. The number of ether oxygens (including phenoxy) is 1. The molecule has 3 nitrogen and oxygen atoms in total. The van der Waals surface area contributed by atoms with Gasteiger partial charge < -0.3 is 9.64 Å². The Kier molecular flexibility index (Phi) is 4.48. The van der Waals surface area contributed by atoms with E-state index in [4.69, 9.17) is 4.74 Å². The van der Waals surface area contributed by atoms with Gasteiger partial charge >= 0.3 is 0 Å². The molecule has 1 amide bonds. The average molecular weight is 315 g/mol. The molecule has 1 atom stereocenters. The molecule has 2 heterocycles. The first kappa shape index (κ1) is 15.1. The van der Waals surface area contributed by atoms with E-state index in [1.165, 1.54) is 16.9 Å². The van der Waals surface area contributed by atoms with Crippen molar-refractivity contribution in [3.05, 3.63) is 51.7 Å². The zero-order valence-electron chi connectivity index (χ0n) is 13.0. The van der Waals surface area contributed by atoms with Crippen molar-refractivity contribution in [1.82, 2.24) is 4.90 Å². The summed E-state index contributed by atoms with van der Waals surface area (Å²) in [7, 11) is 0. The molecule has 0 bridgehead atoms. The monoisotopic (exact) mass is 315 g/mol. The molecule has 1 aliphatic rings. The molecule has 2 aromatic rings. The first-order valence-corrected chi connectivity index (χ1v) is 8.66. The Morgan fingerprint density at radius 2 is 2.09 bits per heavy atom. The normalized spacial score (nSPS) is 17.7. The van der Waals surface area contributed by atoms with E-state index in [-0.39, 0.29) is 11.9 Å². The Morgan fingerprint density at radius 1 is 1.32 bits per heavy atom. The third kappa shape index (κ3) is 2.88. The number of amides is 1. The molecule has 1 fully saturated rings. The van der Waals surface area contributed by atoms with Crippen LogP contribution in [0.2, 0.25) is 0 Å². The van der Waals surface area contributed by atoms with Crippen LogP contribution in [0.4, 0.5) is 0 Å². The highest BCUT2D eigenvalue weighted by Gasteiger charge is 2.31. The Balaban J connectivity index is 1.81. The second kappa shape index (κ2) is 6.53. The fourth-order valence-corrected chi connectivity index (χ4v) is 3.91. The van der Waals surface area contributed by atoms with Crippen molar-refractivity contribution in [2.75, 3.05) is 13.2 Å². The van der Waals surface area contributed by atoms with Gasteiger partial charge in [0.05, 0.1) is 17.5 Å². The molecular weight excluding hydrogens is 294 g/mol. The summed E-state index contributed by atoms with van der Waals surface area (Å²) >= 11 is 1.54. The van der Waals surface area contributed by atoms with Gasteiger partial charge in [0.2, 0.25) is 0 Å². The van der Waals surface area contributed by atoms with Gasteiger partial charge in [-0.1, -0.05) is 12.1 Å². The summed E-state index contributed by atoms with van der Waals surface area (Å²) in [5.41, 5.74) is 2.27. The third-order valence-electron chi connectivity index (χ3n) is 4.15. The van der Waals surface area contributed by atoms with Crippen LogP contribution in [0, 0.1) is 6.92 Å². The highest BCUT2D eigenvalue weighted by atomic mass is 32.1. The minimum Gasteiger partial charge on any atom is -0.494 e. The molecule has 0 spiro atoms. The number of nitrogens with zero attached hydrogens (tertiary/aromatic N) is 1. The summed E-state index contributed by atoms with van der Waals surface area (Å²) < 4.78 is 5.49. The number of hydrogen-bond acceptors (Lipinski definition) is 3. The maximum Gasteiger partial charge on any atom is 0.264 e. The van der Waals surface area contributed by atoms with Crippen molar-refractivity contribution in [2.24, 2.45) is 0 Å². The quantitative estimate of drug-likeness (QED) is 0.835. The number of carbonyl (C=O) groups is 1. The molecular formula is C18H21NO2S. The van der Waals surface area contributed by atoms with Gasteiger partial charge in [-0.15, -0.1) is 11.3 Å². The van der Waals surface area contributed by atoms with Crippen LogP contribution < -0.4 is 4.74 Å². The van der Waals surface area contributed by atoms with Gasteiger partial charge in [-0.25, -0.2) is 0 Å². The van der Waals surface area contributed by atoms with E-state index in [1.807, 2.05) is 42.3 Å². The van der Waals surface area contributed by atoms with Crippen LogP contribution in [0.25, 0.3) is 0 Å². The second-order valence-electron chi connectivity index (χ2n) is 5.59. The number of thiophene rings is 1. The van der Waals surface area contributed by atoms with Crippen LogP contribution in [0.5, 0.6) is 5.75 Å². The lowest BCUT2D eigenvalue weighted by Crippen LogP contribution is -2.30. The van der Waals surface area contributed by atoms with Gasteiger partial charge in [0.1, 0.15) is 5.75 Å². The number of likely N-dealkylation sites (tertiary alicyclic amines) is 1. The molecule has 1 saturated heterocycles. The summed E-state index contributed by atoms with van der Waals surface area (Å²) in [6, 6.07) is 10.4. The van der Waals surface area contributed by atoms with Crippen molar-refractivity contribution in [3.63, 3.8) is 0 Å². The highest BCUT2D eigenvalue weighted by molar-refractivity contribution is 7.12. The lowest BCUT2D eigenvalue weighted by molar-refractivity contribution is 0.0740. The molecule has 22 heavy (non-hydrogen) atoms. The fourth-order valence-electron chi connectivity index (χ4n) is 3.03. The summed E-state index contributed by atoms with van der Waals surface area (Å²) in [5, 5.41) is 1.99. The standard InChI is InChI=1S/C18H21NO2S/c1-3-21-15-8-6-14(7-9-15)16-5-4-11-19(16)18(20)17-13(2)10-12-22-17/h6-10,12,16H,3-5,11H2,1-2H3. The highest BCUT2D eigenvalue weighted by Crippen LogP contribution is 2.35. The van der Waals surface area contributed by atoms with Crippen molar-refractivity contribution >= 4 is 17.2 Å². The molecule has 1 aromatic carbocycles. The lowest BCUT2D eigenvalue weighted by atomic mass is 10.0. The summed E-state index contributed by atoms with van der Waals surface area (Å²) in [6.07, 6.45) is 2.10. The van der Waals surface area contributed by atoms with Gasteiger partial charge in [0, 0.05) is 6.54 Å². The largest absolute Gasteiger partial charge is 0.494 e. The van der Waals surface area contributed by atoms with Crippen LogP contribution in [-0.2, 0) is 0 Å². The number of benzene rings is 1. The maximum absolute atomic E-state index is 12.8. The van der Waals surface area contributed by atoms with Gasteiger partial charge in [0.15, 0.2) is 0 Å². The molecule has 1 unspecified atom stereocenters. The van der Waals surface area contributed by atoms with Crippen molar-refractivity contribution < 1.29 is 9.53 Å². The van der Waals surface area contributed by atoms with E-state index in [9.17, 15) is 4.79 Å². The van der Waals surface area contributed by atoms with E-state index in [0.717, 1.165) is 35.6 Å². The SMILES string of the molecule is CCOc1ccc(C2CCCN2C(=O)c2sccc2C)cc1. The predicted molar refractivity (Wildman–Crippen MR) is 89.7 cm³/mol. The molecule has 0 aliphatic carbocycles. The van der Waals surface area contributed by atoms with Gasteiger partial charge in [-0.05, 0) is 61.4 Å². The topological polar surface area (TPSA) is 29.5 Å². The first-order valence-electron chi connectivity index (χ1n) is 7.78. The Hall–Kier alpha value is -1.81. The summed E-state index contributed by atoms with van der Waals surface area (Å²) in [5.74, 6) is 1.06. The van der Waals surface area contributed by atoms with E-state index in [1.54, 1.807) is 0 Å². The van der Waals surface area contributed by atoms with Crippen LogP contribution in [0.1, 0.15) is 46.6 Å². The first-order chi connectivity index (χ1) is 10.7. The number of aryl methyl sites for hydroxylation is 1. The second-order valence-corrected chi connectivity index (χ2v) is 6.51. The maximum atomic E-state index is 12.8. The smallest absolute Gasteiger partial charge is 0.264 e. The summed E-state index contributed by atoms with van der Waals surface area (Å²) in [4.78, 5) is 15.7.